The Morgan fingerprint density at radius 2 is 1.95 bits per heavy atom. The lowest BCUT2D eigenvalue weighted by molar-refractivity contribution is -0.174. The molecule has 38 heavy (non-hydrogen) atoms. The molecule has 14 nitrogen and oxygen atoms in total. The van der Waals surface area contributed by atoms with Crippen LogP contribution in [0.1, 0.15) is 23.5 Å². The van der Waals surface area contributed by atoms with Gasteiger partial charge in [0.2, 0.25) is 0 Å². The van der Waals surface area contributed by atoms with Crippen molar-refractivity contribution in [2.45, 2.75) is 37.6 Å². The summed E-state index contributed by atoms with van der Waals surface area (Å²) in [5.41, 5.74) is 9.60. The first kappa shape index (κ1) is 26.3. The second-order valence-electron chi connectivity index (χ2n) is 7.91. The number of imidazole rings is 1. The quantitative estimate of drug-likeness (QED) is 0.200. The van der Waals surface area contributed by atoms with Crippen LogP contribution < -0.4 is 10.6 Å². The minimum Gasteiger partial charge on any atom is -0.457 e. The molecule has 0 radical (unpaired) electrons. The third-order valence-electron chi connectivity index (χ3n) is 5.42. The molecule has 1 aliphatic heterocycles. The van der Waals surface area contributed by atoms with Crippen LogP contribution in [0.3, 0.4) is 0 Å². The Labute approximate surface area is 210 Å². The van der Waals surface area contributed by atoms with Gasteiger partial charge in [-0.2, -0.15) is 13.2 Å². The zero-order valence-electron chi connectivity index (χ0n) is 19.4. The summed E-state index contributed by atoms with van der Waals surface area (Å²) in [6, 6.07) is 6.97. The van der Waals surface area contributed by atoms with Crippen molar-refractivity contribution < 1.29 is 37.0 Å². The number of nitrogens with zero attached hydrogens (tertiary/aromatic N) is 7. The summed E-state index contributed by atoms with van der Waals surface area (Å²) in [4.78, 5) is 50.8. The Morgan fingerprint density at radius 1 is 1.21 bits per heavy atom. The first-order valence-electron chi connectivity index (χ1n) is 10.9. The lowest BCUT2D eigenvalue weighted by atomic mass is 10.1. The summed E-state index contributed by atoms with van der Waals surface area (Å²) in [5.74, 6) is -3.45. The Balaban J connectivity index is 1.66. The van der Waals surface area contributed by atoms with E-state index in [4.69, 9.17) is 15.0 Å². The maximum atomic E-state index is 12.7. The lowest BCUT2D eigenvalue weighted by Crippen LogP contribution is -2.44. The van der Waals surface area contributed by atoms with E-state index in [2.05, 4.69) is 30.3 Å². The van der Waals surface area contributed by atoms with Crippen molar-refractivity contribution in [2.75, 3.05) is 11.9 Å². The van der Waals surface area contributed by atoms with Gasteiger partial charge in [0.1, 0.15) is 12.4 Å². The summed E-state index contributed by atoms with van der Waals surface area (Å²) in [6.45, 7) is 0.366. The third-order valence-corrected chi connectivity index (χ3v) is 5.42. The van der Waals surface area contributed by atoms with Crippen molar-refractivity contribution in [3.8, 4) is 0 Å². The number of azide groups is 1. The normalized spacial score (nSPS) is 20.9. The van der Waals surface area contributed by atoms with Crippen LogP contribution in [0.5, 0.6) is 0 Å². The molecule has 2 N–H and O–H groups in total. The highest BCUT2D eigenvalue weighted by atomic mass is 19.4. The maximum Gasteiger partial charge on any atom is 0.471 e. The van der Waals surface area contributed by atoms with Gasteiger partial charge in [-0.15, -0.1) is 0 Å². The van der Waals surface area contributed by atoms with Crippen LogP contribution in [-0.2, 0) is 19.1 Å². The molecule has 0 saturated carbocycles. The zero-order valence-corrected chi connectivity index (χ0v) is 19.4. The average Bonchev–Trinajstić information content (AvgIpc) is 3.44. The van der Waals surface area contributed by atoms with Gasteiger partial charge < -0.3 is 20.1 Å². The molecule has 3 unspecified atom stereocenters. The van der Waals surface area contributed by atoms with Gasteiger partial charge in [-0.1, -0.05) is 23.3 Å². The largest absolute Gasteiger partial charge is 0.471 e. The first-order valence-corrected chi connectivity index (χ1v) is 10.9. The van der Waals surface area contributed by atoms with Gasteiger partial charge in [-0.05, 0) is 17.7 Å². The molecule has 1 saturated heterocycles. The number of esters is 1. The second-order valence-corrected chi connectivity index (χ2v) is 7.91. The number of nitrogens with one attached hydrogen (secondary N) is 2. The van der Waals surface area contributed by atoms with Crippen molar-refractivity contribution in [3.63, 3.8) is 0 Å². The molecule has 4 atom stereocenters. The van der Waals surface area contributed by atoms with Gasteiger partial charge in [0, 0.05) is 23.9 Å². The van der Waals surface area contributed by atoms with Gasteiger partial charge in [-0.3, -0.25) is 19.0 Å². The minimum atomic E-state index is -5.15. The van der Waals surface area contributed by atoms with E-state index in [9.17, 15) is 27.6 Å². The summed E-state index contributed by atoms with van der Waals surface area (Å²) >= 11 is 0. The molecule has 1 aliphatic rings. The van der Waals surface area contributed by atoms with Gasteiger partial charge in [-0.25, -0.2) is 15.0 Å². The molecule has 0 bridgehead atoms. The second kappa shape index (κ2) is 10.7. The van der Waals surface area contributed by atoms with Gasteiger partial charge in [0.15, 0.2) is 29.3 Å². The number of aromatic nitrogens is 4. The predicted molar refractivity (Wildman–Crippen MR) is 121 cm³/mol. The van der Waals surface area contributed by atoms with Gasteiger partial charge in [0.25, 0.3) is 5.91 Å². The Morgan fingerprint density at radius 3 is 2.61 bits per heavy atom. The summed E-state index contributed by atoms with van der Waals surface area (Å²) in [6.07, 6.45) is -6.72. The molecular weight excluding hydrogens is 515 g/mol. The number of hydrogen-bond acceptors (Lipinski definition) is 9. The van der Waals surface area contributed by atoms with Crippen LogP contribution in [0.15, 0.2) is 48.1 Å². The van der Waals surface area contributed by atoms with E-state index in [1.807, 2.05) is 0 Å². The van der Waals surface area contributed by atoms with Crippen LogP contribution in [0, 0.1) is 0 Å². The summed E-state index contributed by atoms with van der Waals surface area (Å²) in [7, 11) is 0. The first-order chi connectivity index (χ1) is 18.1. The lowest BCUT2D eigenvalue weighted by Gasteiger charge is -2.21. The molecule has 3 aromatic rings. The number of halogens is 3. The van der Waals surface area contributed by atoms with Crippen LogP contribution in [0.25, 0.3) is 21.6 Å². The van der Waals surface area contributed by atoms with Crippen molar-refractivity contribution in [3.05, 3.63) is 59.0 Å². The molecule has 0 spiro atoms. The van der Waals surface area contributed by atoms with E-state index >= 15 is 0 Å². The molecule has 1 aromatic carbocycles. The highest BCUT2D eigenvalue weighted by Gasteiger charge is 2.49. The number of carbonyl (C=O) groups is 3. The molecule has 17 heteroatoms. The van der Waals surface area contributed by atoms with Crippen molar-refractivity contribution >= 4 is 34.8 Å². The van der Waals surface area contributed by atoms with E-state index in [0.717, 1.165) is 13.3 Å². The number of ether oxygens (including phenoxy) is 2. The highest BCUT2D eigenvalue weighted by Crippen LogP contribution is 2.36. The minimum absolute atomic E-state index is 0.0465. The van der Waals surface area contributed by atoms with Crippen LogP contribution in [0.4, 0.5) is 19.0 Å². The van der Waals surface area contributed by atoms with Crippen LogP contribution in [0.2, 0.25) is 0 Å². The SMILES string of the molecule is CC(=O)OC1C(N=[N+]=[N-])[C@@H](CNC(=O)C(F)(F)F)OC1n1cnc2c(NC(=O)c3ccccc3)ncnc21. The highest BCUT2D eigenvalue weighted by molar-refractivity contribution is 6.06. The number of fused-ring (bicyclic) bond motifs is 1. The molecule has 3 heterocycles. The van der Waals surface area contributed by atoms with E-state index in [0.29, 0.717) is 5.56 Å². The molecule has 2 aromatic heterocycles. The van der Waals surface area contributed by atoms with E-state index < -0.39 is 55.0 Å². The zero-order chi connectivity index (χ0) is 27.4. The standard InChI is InChI=1S/C21H18F3N9O5/c1-10(34)37-15-13(31-32-25)12(7-26-20(36)21(22,23)24)38-19(15)33-9-29-14-16(27-8-28-17(14)33)30-18(35)11-5-3-2-4-6-11/h2-6,8-9,12-13,15,19H,7H2,1H3,(H,26,36)(H,27,28,30,35)/t12-,13?,15?,19?/m1/s1. The summed E-state index contributed by atoms with van der Waals surface area (Å²) in [5, 5.41) is 7.82. The monoisotopic (exact) mass is 533 g/mol. The molecule has 2 amide bonds. The number of anilines is 1. The van der Waals surface area contributed by atoms with Crippen molar-refractivity contribution in [2.24, 2.45) is 5.11 Å². The third kappa shape index (κ3) is 5.47. The fourth-order valence-corrected chi connectivity index (χ4v) is 3.82. The van der Waals surface area contributed by atoms with Crippen LogP contribution >= 0.6 is 0 Å². The number of rotatable bonds is 7. The van der Waals surface area contributed by atoms with Gasteiger partial charge in [0.05, 0.1) is 12.4 Å². The number of benzene rings is 1. The average molecular weight is 533 g/mol. The fourth-order valence-electron chi connectivity index (χ4n) is 3.82. The van der Waals surface area contributed by atoms with Crippen molar-refractivity contribution in [1.82, 2.24) is 24.8 Å². The molecular formula is C21H18F3N9O5. The molecule has 198 valence electrons. The molecule has 0 aliphatic carbocycles. The Bertz CT molecular complexity index is 1410. The topological polar surface area (TPSA) is 186 Å². The number of alkyl halides is 3. The molecule has 1 fully saturated rings. The number of carbonyl (C=O) groups excluding carboxylic acids is 3. The number of amides is 2. The van der Waals surface area contributed by atoms with E-state index in [1.54, 1.807) is 35.6 Å². The smallest absolute Gasteiger partial charge is 0.457 e. The number of hydrogen-bond donors (Lipinski definition) is 2. The van der Waals surface area contributed by atoms with E-state index in [1.165, 1.54) is 10.9 Å². The van der Waals surface area contributed by atoms with Crippen molar-refractivity contribution in [1.29, 1.82) is 0 Å². The predicted octanol–water partition coefficient (Wildman–Crippen LogP) is 2.27. The van der Waals surface area contributed by atoms with E-state index in [-0.39, 0.29) is 17.0 Å². The molecule has 4 rings (SSSR count). The fraction of sp³-hybridized carbons (Fsp3) is 0.333. The Kier molecular flexibility index (Phi) is 7.40. The summed E-state index contributed by atoms with van der Waals surface area (Å²) < 4.78 is 50.4. The Hall–Kier alpha value is -4.76. The maximum absolute atomic E-state index is 12.7. The van der Waals surface area contributed by atoms with Gasteiger partial charge >= 0.3 is 18.1 Å². The van der Waals surface area contributed by atoms with Crippen LogP contribution in [-0.4, -0.2) is 68.3 Å².